The van der Waals surface area contributed by atoms with E-state index in [4.69, 9.17) is 15.9 Å². The van der Waals surface area contributed by atoms with E-state index in [-0.39, 0.29) is 12.5 Å². The highest BCUT2D eigenvalue weighted by Crippen LogP contribution is 2.07. The van der Waals surface area contributed by atoms with Crippen molar-refractivity contribution in [3.8, 4) is 0 Å². The van der Waals surface area contributed by atoms with Crippen LogP contribution in [-0.2, 0) is 4.79 Å². The number of benzene rings is 1. The van der Waals surface area contributed by atoms with Crippen LogP contribution in [0, 0.1) is 17.7 Å². The Morgan fingerprint density at radius 2 is 1.87 bits per heavy atom. The van der Waals surface area contributed by atoms with Gasteiger partial charge in [-0.15, -0.1) is 0 Å². The Kier molecular flexibility index (Phi) is 5.59. The van der Waals surface area contributed by atoms with Crippen molar-refractivity contribution in [2.24, 2.45) is 4.99 Å². The summed E-state index contributed by atoms with van der Waals surface area (Å²) < 4.78 is 0. The Balaban J connectivity index is 2.01. The van der Waals surface area contributed by atoms with E-state index in [2.05, 4.69) is 4.99 Å². The number of nitrogens with one attached hydrogen (secondary N) is 2. The fourth-order valence-corrected chi connectivity index (χ4v) is 2.40. The highest BCUT2D eigenvalue weighted by Gasteiger charge is 2.20. The summed E-state index contributed by atoms with van der Waals surface area (Å²) >= 11 is 0. The molecule has 0 radical (unpaired) electrons. The lowest BCUT2D eigenvalue weighted by molar-refractivity contribution is -0.138. The van der Waals surface area contributed by atoms with Crippen LogP contribution in [0.2, 0.25) is 0 Å². The van der Waals surface area contributed by atoms with Crippen LogP contribution in [0.1, 0.15) is 11.1 Å². The van der Waals surface area contributed by atoms with E-state index >= 15 is 0 Å². The molecule has 1 fully saturated rings. The standard InChI is InChI=1S/C16H21N5O2/c1-12-2-4-13(5-3-12)14(10-17)19-16(18)21-8-6-20(7-9-21)11-15(22)23/h2-5,10,17-18H,6-9,11H2,1H3,(H,22,23)/b17-10?,18-16?,19-14+. The van der Waals surface area contributed by atoms with Crippen molar-refractivity contribution in [1.29, 1.82) is 10.8 Å². The van der Waals surface area contributed by atoms with Gasteiger partial charge in [-0.05, 0) is 6.92 Å². The molecule has 7 heteroatoms. The van der Waals surface area contributed by atoms with E-state index in [0.717, 1.165) is 17.3 Å². The van der Waals surface area contributed by atoms with Crippen LogP contribution >= 0.6 is 0 Å². The molecule has 122 valence electrons. The maximum absolute atomic E-state index is 10.7. The van der Waals surface area contributed by atoms with Crippen LogP contribution in [-0.4, -0.2) is 71.5 Å². The lowest BCUT2D eigenvalue weighted by Crippen LogP contribution is -2.49. The molecule has 1 aromatic rings. The largest absolute Gasteiger partial charge is 0.480 e. The number of aryl methyl sites for hydroxylation is 1. The van der Waals surface area contributed by atoms with Gasteiger partial charge in [-0.2, -0.15) is 0 Å². The van der Waals surface area contributed by atoms with Gasteiger partial charge in [0, 0.05) is 38.0 Å². The van der Waals surface area contributed by atoms with Crippen LogP contribution < -0.4 is 0 Å². The molecule has 0 atom stereocenters. The summed E-state index contributed by atoms with van der Waals surface area (Å²) in [6, 6.07) is 7.67. The number of carbonyl (C=O) groups is 1. The summed E-state index contributed by atoms with van der Waals surface area (Å²) in [6.45, 7) is 4.33. The predicted molar refractivity (Wildman–Crippen MR) is 89.9 cm³/mol. The molecule has 23 heavy (non-hydrogen) atoms. The minimum Gasteiger partial charge on any atom is -0.480 e. The first kappa shape index (κ1) is 16.8. The number of nitrogens with zero attached hydrogens (tertiary/aromatic N) is 3. The third kappa shape index (κ3) is 4.72. The molecule has 0 aromatic heterocycles. The first-order chi connectivity index (χ1) is 11.0. The summed E-state index contributed by atoms with van der Waals surface area (Å²) in [4.78, 5) is 18.6. The lowest BCUT2D eigenvalue weighted by atomic mass is 10.1. The van der Waals surface area contributed by atoms with Gasteiger partial charge in [0.25, 0.3) is 0 Å². The molecule has 1 aliphatic rings. The molecule has 0 aliphatic carbocycles. The van der Waals surface area contributed by atoms with E-state index in [1.54, 1.807) is 4.90 Å². The van der Waals surface area contributed by atoms with Crippen LogP contribution in [0.25, 0.3) is 0 Å². The Morgan fingerprint density at radius 3 is 2.39 bits per heavy atom. The van der Waals surface area contributed by atoms with Gasteiger partial charge in [0.05, 0.1) is 12.3 Å². The van der Waals surface area contributed by atoms with Gasteiger partial charge in [-0.25, -0.2) is 4.99 Å². The number of carboxylic acid groups (broad SMARTS) is 1. The monoisotopic (exact) mass is 315 g/mol. The fraction of sp³-hybridized carbons (Fsp3) is 0.375. The fourth-order valence-electron chi connectivity index (χ4n) is 2.40. The molecular formula is C16H21N5O2. The van der Waals surface area contributed by atoms with Crippen LogP contribution in [0.3, 0.4) is 0 Å². The number of aliphatic imine (C=N–C) groups is 1. The number of piperazine rings is 1. The first-order valence-corrected chi connectivity index (χ1v) is 7.43. The average molecular weight is 315 g/mol. The second-order valence-electron chi connectivity index (χ2n) is 5.49. The SMILES string of the molecule is Cc1ccc(/C(C=N)=N/C(=N)N2CCN(CC(=O)O)CC2)cc1. The van der Waals surface area contributed by atoms with E-state index < -0.39 is 5.97 Å². The number of hydrogen-bond acceptors (Lipinski definition) is 4. The topological polar surface area (TPSA) is 104 Å². The summed E-state index contributed by atoms with van der Waals surface area (Å²) in [6.07, 6.45) is 1.15. The molecular weight excluding hydrogens is 294 g/mol. The van der Waals surface area contributed by atoms with Crippen LogP contribution in [0.4, 0.5) is 0 Å². The Labute approximate surface area is 135 Å². The molecule has 0 bridgehead atoms. The van der Waals surface area contributed by atoms with Gasteiger partial charge >= 0.3 is 5.97 Å². The van der Waals surface area contributed by atoms with Gasteiger partial charge in [-0.3, -0.25) is 15.1 Å². The molecule has 1 aliphatic heterocycles. The predicted octanol–water partition coefficient (Wildman–Crippen LogP) is 1.07. The number of aliphatic carboxylic acids is 1. The zero-order chi connectivity index (χ0) is 16.8. The number of carboxylic acids is 1. The Hall–Kier alpha value is -2.54. The van der Waals surface area contributed by atoms with Gasteiger partial charge < -0.3 is 15.4 Å². The molecule has 0 unspecified atom stereocenters. The molecule has 0 spiro atoms. The molecule has 1 aromatic carbocycles. The Bertz CT molecular complexity index is 616. The summed E-state index contributed by atoms with van der Waals surface area (Å²) in [5, 5.41) is 24.4. The first-order valence-electron chi connectivity index (χ1n) is 7.43. The maximum Gasteiger partial charge on any atom is 0.317 e. The summed E-state index contributed by atoms with van der Waals surface area (Å²) in [7, 11) is 0. The van der Waals surface area contributed by atoms with E-state index in [1.165, 1.54) is 0 Å². The molecule has 3 N–H and O–H groups in total. The zero-order valence-electron chi connectivity index (χ0n) is 13.1. The van der Waals surface area contributed by atoms with Crippen molar-refractivity contribution < 1.29 is 9.90 Å². The Morgan fingerprint density at radius 1 is 1.26 bits per heavy atom. The summed E-state index contributed by atoms with van der Waals surface area (Å²) in [5.41, 5.74) is 2.38. The number of guanidine groups is 1. The van der Waals surface area contributed by atoms with Crippen LogP contribution in [0.15, 0.2) is 29.3 Å². The lowest BCUT2D eigenvalue weighted by Gasteiger charge is -2.33. The summed E-state index contributed by atoms with van der Waals surface area (Å²) in [5.74, 6) is -0.726. The molecule has 1 heterocycles. The molecule has 1 saturated heterocycles. The van der Waals surface area contributed by atoms with Gasteiger partial charge in [0.15, 0.2) is 0 Å². The van der Waals surface area contributed by atoms with Crippen molar-refractivity contribution >= 4 is 23.9 Å². The second-order valence-corrected chi connectivity index (χ2v) is 5.49. The molecule has 7 nitrogen and oxygen atoms in total. The highest BCUT2D eigenvalue weighted by atomic mass is 16.4. The minimum atomic E-state index is -0.836. The van der Waals surface area contributed by atoms with Crippen molar-refractivity contribution in [2.75, 3.05) is 32.7 Å². The number of hydrogen-bond donors (Lipinski definition) is 3. The van der Waals surface area contributed by atoms with E-state index in [0.29, 0.717) is 31.9 Å². The number of rotatable bonds is 4. The second kappa shape index (κ2) is 7.64. The van der Waals surface area contributed by atoms with Gasteiger partial charge in [0.2, 0.25) is 5.96 Å². The molecule has 0 saturated carbocycles. The minimum absolute atomic E-state index is 0.0273. The van der Waals surface area contributed by atoms with Crippen molar-refractivity contribution in [2.45, 2.75) is 6.92 Å². The van der Waals surface area contributed by atoms with Crippen molar-refractivity contribution in [1.82, 2.24) is 9.80 Å². The van der Waals surface area contributed by atoms with Crippen molar-refractivity contribution in [3.05, 3.63) is 35.4 Å². The van der Waals surface area contributed by atoms with E-state index in [9.17, 15) is 4.79 Å². The molecule has 2 rings (SSSR count). The van der Waals surface area contributed by atoms with E-state index in [1.807, 2.05) is 36.1 Å². The highest BCUT2D eigenvalue weighted by molar-refractivity contribution is 6.39. The normalized spacial score (nSPS) is 16.2. The quantitative estimate of drug-likeness (QED) is 0.571. The molecule has 0 amide bonds. The van der Waals surface area contributed by atoms with Gasteiger partial charge in [-0.1, -0.05) is 29.8 Å². The third-order valence-electron chi connectivity index (χ3n) is 3.74. The maximum atomic E-state index is 10.7. The zero-order valence-corrected chi connectivity index (χ0v) is 13.1. The van der Waals surface area contributed by atoms with Gasteiger partial charge in [0.1, 0.15) is 0 Å². The third-order valence-corrected chi connectivity index (χ3v) is 3.74. The smallest absolute Gasteiger partial charge is 0.317 e. The average Bonchev–Trinajstić information content (AvgIpc) is 2.53. The van der Waals surface area contributed by atoms with Crippen molar-refractivity contribution in [3.63, 3.8) is 0 Å². The van der Waals surface area contributed by atoms with Crippen LogP contribution in [0.5, 0.6) is 0 Å².